The molecule has 7 nitrogen and oxygen atoms in total. The monoisotopic (exact) mass is 495 g/mol. The molecule has 0 aliphatic heterocycles. The number of primary amides is 1. The molecule has 2 aromatic rings. The van der Waals surface area contributed by atoms with Crippen LogP contribution in [-0.4, -0.2) is 33.9 Å². The zero-order chi connectivity index (χ0) is 26.5. The number of urea groups is 1. The van der Waals surface area contributed by atoms with E-state index in [1.807, 2.05) is 70.2 Å². The first-order valence-corrected chi connectivity index (χ1v) is 13.0. The smallest absolute Gasteiger partial charge is 0.323 e. The minimum absolute atomic E-state index is 0.00196. The molecule has 2 amide bonds. The third kappa shape index (κ3) is 6.58. The summed E-state index contributed by atoms with van der Waals surface area (Å²) in [6.45, 7) is 7.52. The van der Waals surface area contributed by atoms with Crippen LogP contribution in [-0.2, 0) is 4.79 Å². The number of nitrogens with one attached hydrogen (secondary N) is 1. The van der Waals surface area contributed by atoms with Crippen molar-refractivity contribution in [2.24, 2.45) is 11.7 Å². The predicted octanol–water partition coefficient (Wildman–Crippen LogP) is 6.31. The summed E-state index contributed by atoms with van der Waals surface area (Å²) in [5, 5.41) is 24.2. The van der Waals surface area contributed by atoms with Crippen molar-refractivity contribution in [1.29, 1.82) is 0 Å². The summed E-state index contributed by atoms with van der Waals surface area (Å²) < 4.78 is 0. The number of carboxylic acid groups (broad SMARTS) is 1. The molecule has 2 aromatic carbocycles. The molecule has 1 saturated carbocycles. The molecule has 0 saturated heterocycles. The highest BCUT2D eigenvalue weighted by Gasteiger charge is 2.36. The summed E-state index contributed by atoms with van der Waals surface area (Å²) in [6, 6.07) is 12.4. The van der Waals surface area contributed by atoms with Crippen molar-refractivity contribution >= 4 is 29.1 Å². The second-order valence-corrected chi connectivity index (χ2v) is 10.6. The minimum atomic E-state index is -0.993. The van der Waals surface area contributed by atoms with Crippen LogP contribution in [0.15, 0.2) is 42.5 Å². The van der Waals surface area contributed by atoms with E-state index >= 15 is 0 Å². The number of benzene rings is 2. The first kappa shape index (κ1) is 27.5. The lowest BCUT2D eigenvalue weighted by Crippen LogP contribution is -2.48. The van der Waals surface area contributed by atoms with Gasteiger partial charge >= 0.3 is 12.0 Å². The van der Waals surface area contributed by atoms with Gasteiger partial charge in [0, 0.05) is 0 Å². The number of amides is 2. The molecule has 5 N–H and O–H groups in total. The lowest BCUT2D eigenvalue weighted by molar-refractivity contribution is -0.137. The van der Waals surface area contributed by atoms with Gasteiger partial charge in [-0.05, 0) is 81.2 Å². The maximum atomic E-state index is 12.9. The third-order valence-corrected chi connectivity index (χ3v) is 7.42. The zero-order valence-corrected chi connectivity index (χ0v) is 22.0. The van der Waals surface area contributed by atoms with Crippen LogP contribution < -0.4 is 16.0 Å². The Balaban J connectivity index is 2.15. The number of carbonyl (C=O) groups is 2. The SMILES string of the molecule is CC[C@H](CC(=O)O)c1ccc(N[C@H](C2CCCCC2)C(C)(C)O)c(N(C(N)=O)c2ccccc2C)c1. The number of nitrogens with zero attached hydrogens (tertiary/aromatic N) is 1. The van der Waals surface area contributed by atoms with Crippen LogP contribution in [0.2, 0.25) is 0 Å². The van der Waals surface area contributed by atoms with Crippen molar-refractivity contribution in [2.75, 3.05) is 10.2 Å². The van der Waals surface area contributed by atoms with E-state index in [0.717, 1.165) is 36.8 Å². The van der Waals surface area contributed by atoms with E-state index < -0.39 is 17.6 Å². The third-order valence-electron chi connectivity index (χ3n) is 7.42. The number of rotatable bonds is 10. The van der Waals surface area contributed by atoms with Gasteiger partial charge in [-0.2, -0.15) is 0 Å². The van der Waals surface area contributed by atoms with Crippen LogP contribution in [0.4, 0.5) is 21.9 Å². The summed E-state index contributed by atoms with van der Waals surface area (Å²) in [5.74, 6) is -0.775. The average molecular weight is 496 g/mol. The molecule has 1 fully saturated rings. The van der Waals surface area contributed by atoms with Gasteiger partial charge in [-0.1, -0.05) is 50.5 Å². The van der Waals surface area contributed by atoms with Gasteiger partial charge in [-0.3, -0.25) is 9.69 Å². The van der Waals surface area contributed by atoms with Crippen molar-refractivity contribution in [2.45, 2.75) is 90.2 Å². The predicted molar refractivity (Wildman–Crippen MR) is 145 cm³/mol. The van der Waals surface area contributed by atoms with Crippen LogP contribution in [0, 0.1) is 12.8 Å². The molecule has 2 atom stereocenters. The molecule has 0 bridgehead atoms. The maximum Gasteiger partial charge on any atom is 0.323 e. The number of hydrogen-bond donors (Lipinski definition) is 4. The van der Waals surface area contributed by atoms with Gasteiger partial charge < -0.3 is 21.3 Å². The van der Waals surface area contributed by atoms with Gasteiger partial charge in [0.15, 0.2) is 0 Å². The number of nitrogens with two attached hydrogens (primary N) is 1. The summed E-state index contributed by atoms with van der Waals surface area (Å²) in [5.41, 5.74) is 8.58. The fourth-order valence-electron chi connectivity index (χ4n) is 5.51. The molecule has 1 aliphatic rings. The first-order valence-electron chi connectivity index (χ1n) is 13.0. The molecule has 1 aliphatic carbocycles. The highest BCUT2D eigenvalue weighted by Crippen LogP contribution is 2.40. The first-order chi connectivity index (χ1) is 17.0. The Labute approximate surface area is 214 Å². The number of carbonyl (C=O) groups excluding carboxylic acids is 1. The van der Waals surface area contributed by atoms with E-state index in [9.17, 15) is 19.8 Å². The number of para-hydroxylation sites is 1. The fourth-order valence-corrected chi connectivity index (χ4v) is 5.51. The largest absolute Gasteiger partial charge is 0.481 e. The van der Waals surface area contributed by atoms with Crippen LogP contribution >= 0.6 is 0 Å². The Bertz CT molecular complexity index is 1060. The molecule has 0 radical (unpaired) electrons. The molecule has 36 heavy (non-hydrogen) atoms. The lowest BCUT2D eigenvalue weighted by atomic mass is 9.77. The molecule has 0 heterocycles. The van der Waals surface area contributed by atoms with Crippen molar-refractivity contribution in [3.63, 3.8) is 0 Å². The molecule has 3 rings (SSSR count). The van der Waals surface area contributed by atoms with Gasteiger partial charge in [-0.25, -0.2) is 4.79 Å². The van der Waals surface area contributed by atoms with E-state index in [4.69, 9.17) is 5.73 Å². The van der Waals surface area contributed by atoms with Crippen molar-refractivity contribution < 1.29 is 19.8 Å². The van der Waals surface area contributed by atoms with Crippen molar-refractivity contribution in [1.82, 2.24) is 0 Å². The second kappa shape index (κ2) is 11.8. The van der Waals surface area contributed by atoms with Crippen LogP contribution in [0.3, 0.4) is 0 Å². The molecule has 7 heteroatoms. The summed E-state index contributed by atoms with van der Waals surface area (Å²) in [4.78, 5) is 25.9. The molecule has 0 aromatic heterocycles. The Kier molecular flexibility index (Phi) is 9.01. The normalized spacial score (nSPS) is 16.2. The lowest BCUT2D eigenvalue weighted by Gasteiger charge is -2.40. The van der Waals surface area contributed by atoms with Crippen LogP contribution in [0.25, 0.3) is 0 Å². The average Bonchev–Trinajstić information content (AvgIpc) is 2.82. The molecular formula is C29H41N3O4. The number of aliphatic hydroxyl groups is 1. The van der Waals surface area contributed by atoms with E-state index in [2.05, 4.69) is 5.32 Å². The maximum absolute atomic E-state index is 12.9. The second-order valence-electron chi connectivity index (χ2n) is 10.6. The van der Waals surface area contributed by atoms with Gasteiger partial charge in [0.05, 0.1) is 35.1 Å². The molecule has 0 spiro atoms. The van der Waals surface area contributed by atoms with E-state index in [1.54, 1.807) is 0 Å². The molecule has 196 valence electrons. The summed E-state index contributed by atoms with van der Waals surface area (Å²) in [6.07, 6.45) is 6.18. The Morgan fingerprint density at radius 3 is 2.33 bits per heavy atom. The quantitative estimate of drug-likeness (QED) is 0.308. The number of carboxylic acids is 1. The topological polar surface area (TPSA) is 116 Å². The number of aryl methyl sites for hydroxylation is 1. The van der Waals surface area contributed by atoms with Crippen LogP contribution in [0.5, 0.6) is 0 Å². The van der Waals surface area contributed by atoms with Gasteiger partial charge in [-0.15, -0.1) is 0 Å². The Morgan fingerprint density at radius 2 is 1.78 bits per heavy atom. The van der Waals surface area contributed by atoms with E-state index in [0.29, 0.717) is 29.4 Å². The minimum Gasteiger partial charge on any atom is -0.481 e. The van der Waals surface area contributed by atoms with Crippen molar-refractivity contribution in [3.05, 3.63) is 53.6 Å². The number of hydrogen-bond acceptors (Lipinski definition) is 4. The summed E-state index contributed by atoms with van der Waals surface area (Å²) in [7, 11) is 0. The number of aliphatic carboxylic acids is 1. The number of anilines is 3. The van der Waals surface area contributed by atoms with Gasteiger partial charge in [0.2, 0.25) is 0 Å². The molecule has 0 unspecified atom stereocenters. The Morgan fingerprint density at radius 1 is 1.11 bits per heavy atom. The fraction of sp³-hybridized carbons (Fsp3) is 0.517. The van der Waals surface area contributed by atoms with Gasteiger partial charge in [0.1, 0.15) is 0 Å². The van der Waals surface area contributed by atoms with E-state index in [-0.39, 0.29) is 18.4 Å². The summed E-state index contributed by atoms with van der Waals surface area (Å²) >= 11 is 0. The highest BCUT2D eigenvalue weighted by atomic mass is 16.4. The van der Waals surface area contributed by atoms with Crippen molar-refractivity contribution in [3.8, 4) is 0 Å². The van der Waals surface area contributed by atoms with Gasteiger partial charge in [0.25, 0.3) is 0 Å². The Hall–Kier alpha value is -3.06. The molecular weight excluding hydrogens is 454 g/mol. The van der Waals surface area contributed by atoms with E-state index in [1.165, 1.54) is 11.3 Å². The zero-order valence-electron chi connectivity index (χ0n) is 22.0. The van der Waals surface area contributed by atoms with Crippen LogP contribution in [0.1, 0.15) is 82.8 Å². The highest BCUT2D eigenvalue weighted by molar-refractivity contribution is 6.02. The standard InChI is InChI=1S/C29H41N3O4/c1-5-20(18-26(33)34)22-15-16-23(31-27(29(3,4)36)21-12-7-6-8-13-21)25(17-22)32(28(30)35)24-14-10-9-11-19(24)2/h9-11,14-17,20-21,27,31,36H,5-8,12-13,18H2,1-4H3,(H2,30,35)(H,33,34)/t20-,27-/m1/s1.